The number of carbonyl (C=O) groups is 2. The predicted octanol–water partition coefficient (Wildman–Crippen LogP) is -0.129. The average Bonchev–Trinajstić information content (AvgIpc) is 2.87. The smallest absolute Gasteiger partial charge is 0.329 e. The summed E-state index contributed by atoms with van der Waals surface area (Å²) < 4.78 is 4.54. The number of aromatic nitrogens is 4. The molecule has 8 nitrogen and oxygen atoms in total. The Balaban J connectivity index is 2.09. The average molecular weight is 311 g/mol. The summed E-state index contributed by atoms with van der Waals surface area (Å²) in [6, 6.07) is 0. The number of nitrogens with zero attached hydrogens (tertiary/aromatic N) is 4. The zero-order chi connectivity index (χ0) is 15.2. The zero-order valence-electron chi connectivity index (χ0n) is 11.9. The van der Waals surface area contributed by atoms with E-state index in [1.807, 2.05) is 6.08 Å². The standard InChI is InChI=1S/C12H17N5O3S/c1-8(18)21-10-3-4-13-6-9(10)5-11-14-16-17(15-11)7-12(19)20-2/h5,10,13H,3-4,6-7H2,1-2H3/b9-5+. The molecular formula is C12H17N5O3S. The number of piperidine rings is 1. The van der Waals surface area contributed by atoms with Crippen LogP contribution >= 0.6 is 11.8 Å². The maximum atomic E-state index is 11.3. The van der Waals surface area contributed by atoms with Gasteiger partial charge in [0.25, 0.3) is 0 Å². The molecule has 1 saturated heterocycles. The highest BCUT2D eigenvalue weighted by Crippen LogP contribution is 2.26. The molecule has 2 heterocycles. The van der Waals surface area contributed by atoms with Crippen molar-refractivity contribution >= 4 is 28.9 Å². The third kappa shape index (κ3) is 4.64. The maximum Gasteiger partial charge on any atom is 0.329 e. The Kier molecular flexibility index (Phi) is 5.45. The van der Waals surface area contributed by atoms with Crippen LogP contribution in [0.1, 0.15) is 19.2 Å². The van der Waals surface area contributed by atoms with Crippen LogP contribution in [-0.4, -0.2) is 56.7 Å². The number of thioether (sulfide) groups is 1. The van der Waals surface area contributed by atoms with Crippen LogP contribution in [0.2, 0.25) is 0 Å². The van der Waals surface area contributed by atoms with Gasteiger partial charge in [0.1, 0.15) is 0 Å². The summed E-state index contributed by atoms with van der Waals surface area (Å²) in [5, 5.41) is 15.3. The van der Waals surface area contributed by atoms with Crippen molar-refractivity contribution in [3.05, 3.63) is 11.4 Å². The topological polar surface area (TPSA) is 99.0 Å². The second kappa shape index (κ2) is 7.32. The van der Waals surface area contributed by atoms with Gasteiger partial charge in [-0.3, -0.25) is 4.79 Å². The monoisotopic (exact) mass is 311 g/mol. The first-order valence-electron chi connectivity index (χ1n) is 6.51. The second-order valence-corrected chi connectivity index (χ2v) is 5.92. The number of carbonyl (C=O) groups excluding carboxylic acids is 2. The van der Waals surface area contributed by atoms with E-state index in [-0.39, 0.29) is 16.9 Å². The predicted molar refractivity (Wildman–Crippen MR) is 77.4 cm³/mol. The molecule has 0 saturated carbocycles. The van der Waals surface area contributed by atoms with Crippen LogP contribution in [0.4, 0.5) is 0 Å². The van der Waals surface area contributed by atoms with Crippen molar-refractivity contribution in [1.29, 1.82) is 0 Å². The largest absolute Gasteiger partial charge is 0.468 e. The van der Waals surface area contributed by atoms with Crippen molar-refractivity contribution in [3.8, 4) is 0 Å². The van der Waals surface area contributed by atoms with Gasteiger partial charge in [0, 0.05) is 18.7 Å². The number of nitrogens with one attached hydrogen (secondary N) is 1. The Labute approximate surface area is 126 Å². The van der Waals surface area contributed by atoms with Gasteiger partial charge in [-0.1, -0.05) is 11.8 Å². The molecule has 0 bridgehead atoms. The molecule has 9 heteroatoms. The highest BCUT2D eigenvalue weighted by atomic mass is 32.2. The number of hydrogen-bond donors (Lipinski definition) is 1. The van der Waals surface area contributed by atoms with Crippen LogP contribution in [-0.2, 0) is 20.9 Å². The van der Waals surface area contributed by atoms with E-state index in [9.17, 15) is 9.59 Å². The first kappa shape index (κ1) is 15.6. The van der Waals surface area contributed by atoms with Crippen LogP contribution in [0.3, 0.4) is 0 Å². The van der Waals surface area contributed by atoms with Crippen molar-refractivity contribution in [2.75, 3.05) is 20.2 Å². The molecule has 1 atom stereocenters. The molecule has 1 unspecified atom stereocenters. The highest BCUT2D eigenvalue weighted by molar-refractivity contribution is 8.14. The molecule has 114 valence electrons. The van der Waals surface area contributed by atoms with Crippen molar-refractivity contribution < 1.29 is 14.3 Å². The van der Waals surface area contributed by atoms with E-state index < -0.39 is 5.97 Å². The van der Waals surface area contributed by atoms with Crippen molar-refractivity contribution in [2.24, 2.45) is 0 Å². The molecule has 0 aromatic carbocycles. The van der Waals surface area contributed by atoms with E-state index in [0.29, 0.717) is 12.4 Å². The number of hydrogen-bond acceptors (Lipinski definition) is 8. The lowest BCUT2D eigenvalue weighted by molar-refractivity contribution is -0.141. The first-order chi connectivity index (χ1) is 10.1. The zero-order valence-corrected chi connectivity index (χ0v) is 12.7. The lowest BCUT2D eigenvalue weighted by Gasteiger charge is -2.24. The molecular weight excluding hydrogens is 294 g/mol. The lowest BCUT2D eigenvalue weighted by atomic mass is 10.1. The molecule has 1 N–H and O–H groups in total. The van der Waals surface area contributed by atoms with Gasteiger partial charge in [-0.2, -0.15) is 4.80 Å². The highest BCUT2D eigenvalue weighted by Gasteiger charge is 2.21. The summed E-state index contributed by atoms with van der Waals surface area (Å²) in [5.74, 6) is -0.0114. The number of esters is 1. The summed E-state index contributed by atoms with van der Waals surface area (Å²) in [4.78, 5) is 23.6. The molecule has 0 spiro atoms. The third-order valence-electron chi connectivity index (χ3n) is 2.92. The van der Waals surface area contributed by atoms with Gasteiger partial charge in [-0.15, -0.1) is 10.2 Å². The Hall–Kier alpha value is -1.74. The molecule has 1 fully saturated rings. The summed E-state index contributed by atoms with van der Waals surface area (Å²) in [7, 11) is 1.30. The minimum atomic E-state index is -0.434. The fraction of sp³-hybridized carbons (Fsp3) is 0.583. The van der Waals surface area contributed by atoms with Crippen LogP contribution in [0.5, 0.6) is 0 Å². The Bertz CT molecular complexity index is 557. The molecule has 1 aromatic heterocycles. The summed E-state index contributed by atoms with van der Waals surface area (Å²) >= 11 is 1.32. The van der Waals surface area contributed by atoms with Crippen LogP contribution in [0.25, 0.3) is 6.08 Å². The van der Waals surface area contributed by atoms with Gasteiger partial charge in [0.2, 0.25) is 0 Å². The Morgan fingerprint density at radius 3 is 3.10 bits per heavy atom. The number of rotatable bonds is 4. The fourth-order valence-corrected chi connectivity index (χ4v) is 2.91. The maximum absolute atomic E-state index is 11.3. The Morgan fingerprint density at radius 2 is 2.38 bits per heavy atom. The van der Waals surface area contributed by atoms with Crippen LogP contribution in [0.15, 0.2) is 5.57 Å². The van der Waals surface area contributed by atoms with Gasteiger partial charge in [0.15, 0.2) is 17.5 Å². The van der Waals surface area contributed by atoms with Gasteiger partial charge in [0.05, 0.1) is 7.11 Å². The van der Waals surface area contributed by atoms with Crippen molar-refractivity contribution in [1.82, 2.24) is 25.5 Å². The van der Waals surface area contributed by atoms with Gasteiger partial charge >= 0.3 is 5.97 Å². The second-order valence-electron chi connectivity index (χ2n) is 4.54. The van der Waals surface area contributed by atoms with Crippen molar-refractivity contribution in [2.45, 2.75) is 25.1 Å². The molecule has 1 aliphatic heterocycles. The normalized spacial score (nSPS) is 20.5. The summed E-state index contributed by atoms with van der Waals surface area (Å²) in [6.45, 7) is 3.06. The van der Waals surface area contributed by atoms with E-state index in [2.05, 4.69) is 25.5 Å². The fourth-order valence-electron chi connectivity index (χ4n) is 1.97. The van der Waals surface area contributed by atoms with E-state index >= 15 is 0 Å². The number of methoxy groups -OCH3 is 1. The molecule has 1 aliphatic rings. The Morgan fingerprint density at radius 1 is 1.57 bits per heavy atom. The molecule has 0 aliphatic carbocycles. The molecule has 0 radical (unpaired) electrons. The molecule has 21 heavy (non-hydrogen) atoms. The SMILES string of the molecule is COC(=O)Cn1nnc(/C=C2\CNCCC2SC(C)=O)n1. The summed E-state index contributed by atoms with van der Waals surface area (Å²) in [6.07, 6.45) is 2.69. The van der Waals surface area contributed by atoms with E-state index in [1.54, 1.807) is 6.92 Å². The van der Waals surface area contributed by atoms with E-state index in [1.165, 1.54) is 23.7 Å². The van der Waals surface area contributed by atoms with Crippen LogP contribution in [0, 0.1) is 0 Å². The number of ether oxygens (including phenoxy) is 1. The van der Waals surface area contributed by atoms with E-state index in [4.69, 9.17) is 0 Å². The van der Waals surface area contributed by atoms with Gasteiger partial charge < -0.3 is 10.1 Å². The first-order valence-corrected chi connectivity index (χ1v) is 7.39. The van der Waals surface area contributed by atoms with Gasteiger partial charge in [-0.05, 0) is 29.8 Å². The quantitative estimate of drug-likeness (QED) is 0.768. The minimum Gasteiger partial charge on any atom is -0.468 e. The third-order valence-corrected chi connectivity index (χ3v) is 4.07. The van der Waals surface area contributed by atoms with E-state index in [0.717, 1.165) is 18.5 Å². The summed E-state index contributed by atoms with van der Waals surface area (Å²) in [5.41, 5.74) is 1.05. The van der Waals surface area contributed by atoms with Gasteiger partial charge in [-0.25, -0.2) is 4.79 Å². The molecule has 1 aromatic rings. The molecule has 2 rings (SSSR count). The minimum absolute atomic E-state index is 0.0729. The van der Waals surface area contributed by atoms with Crippen molar-refractivity contribution in [3.63, 3.8) is 0 Å². The lowest BCUT2D eigenvalue weighted by Crippen LogP contribution is -2.32. The molecule has 0 amide bonds. The van der Waals surface area contributed by atoms with Crippen LogP contribution < -0.4 is 5.32 Å². The number of tetrazole rings is 1.